The molecule has 2 aromatic carbocycles. The molecule has 0 fully saturated rings. The van der Waals surface area contributed by atoms with Crippen molar-refractivity contribution >= 4 is 23.5 Å². The summed E-state index contributed by atoms with van der Waals surface area (Å²) in [6, 6.07) is 14.3. The fourth-order valence-electron chi connectivity index (χ4n) is 3.47. The molecule has 146 valence electrons. The molecule has 0 radical (unpaired) electrons. The van der Waals surface area contributed by atoms with E-state index in [9.17, 15) is 14.4 Å². The summed E-state index contributed by atoms with van der Waals surface area (Å²) in [6.07, 6.45) is 2.12. The summed E-state index contributed by atoms with van der Waals surface area (Å²) in [5, 5.41) is 2.81. The summed E-state index contributed by atoms with van der Waals surface area (Å²) in [5.74, 6) is -0.561. The van der Waals surface area contributed by atoms with Crippen molar-refractivity contribution in [2.75, 3.05) is 19.5 Å². The summed E-state index contributed by atoms with van der Waals surface area (Å²) >= 11 is 0. The maximum Gasteiger partial charge on any atom is 0.333 e. The lowest BCUT2D eigenvalue weighted by Gasteiger charge is -2.26. The van der Waals surface area contributed by atoms with Gasteiger partial charge in [0.1, 0.15) is 0 Å². The number of anilines is 1. The highest BCUT2D eigenvalue weighted by Crippen LogP contribution is 2.25. The lowest BCUT2D eigenvalue weighted by Crippen LogP contribution is -2.36. The third-order valence-corrected chi connectivity index (χ3v) is 4.97. The fraction of sp³-hybridized carbons (Fsp3) is 0.318. The number of ether oxygens (including phenoxy) is 1. The number of fused-ring (bicyclic) bond motifs is 1. The van der Waals surface area contributed by atoms with Crippen LogP contribution in [0.4, 0.5) is 5.69 Å². The number of aryl methyl sites for hydroxylation is 1. The molecule has 1 heterocycles. The highest BCUT2D eigenvalue weighted by molar-refractivity contribution is 5.99. The third-order valence-electron chi connectivity index (χ3n) is 4.97. The summed E-state index contributed by atoms with van der Waals surface area (Å²) < 4.78 is 4.90. The van der Waals surface area contributed by atoms with Crippen LogP contribution in [0.25, 0.3) is 0 Å². The predicted molar refractivity (Wildman–Crippen MR) is 106 cm³/mol. The molecular weight excluding hydrogens is 356 g/mol. The average Bonchev–Trinajstić information content (AvgIpc) is 3.08. The smallest absolute Gasteiger partial charge is 0.333 e. The van der Waals surface area contributed by atoms with Crippen molar-refractivity contribution in [1.82, 2.24) is 4.90 Å². The van der Waals surface area contributed by atoms with E-state index in [1.165, 1.54) is 12.0 Å². The molecule has 1 atom stereocenters. The van der Waals surface area contributed by atoms with Crippen LogP contribution in [0.5, 0.6) is 0 Å². The summed E-state index contributed by atoms with van der Waals surface area (Å²) in [4.78, 5) is 37.8. The van der Waals surface area contributed by atoms with Gasteiger partial charge in [-0.3, -0.25) is 9.59 Å². The Kier molecular flexibility index (Phi) is 6.09. The average molecular weight is 380 g/mol. The topological polar surface area (TPSA) is 75.7 Å². The molecule has 0 saturated carbocycles. The van der Waals surface area contributed by atoms with Crippen LogP contribution in [0.15, 0.2) is 48.5 Å². The van der Waals surface area contributed by atoms with Crippen LogP contribution in [0.3, 0.4) is 0 Å². The highest BCUT2D eigenvalue weighted by Gasteiger charge is 2.29. The van der Waals surface area contributed by atoms with Crippen molar-refractivity contribution in [2.24, 2.45) is 0 Å². The van der Waals surface area contributed by atoms with E-state index in [1.807, 2.05) is 48.5 Å². The second-order valence-corrected chi connectivity index (χ2v) is 6.91. The molecule has 6 nitrogen and oxygen atoms in total. The van der Waals surface area contributed by atoms with E-state index in [2.05, 4.69) is 5.32 Å². The molecule has 0 bridgehead atoms. The molecule has 6 heteroatoms. The predicted octanol–water partition coefficient (Wildman–Crippen LogP) is 2.88. The molecule has 0 aliphatic carbocycles. The number of hydrogen-bond donors (Lipinski definition) is 1. The van der Waals surface area contributed by atoms with Gasteiger partial charge in [0.15, 0.2) is 6.04 Å². The number of carbonyl (C=O) groups excluding carboxylic acids is 3. The number of hydrogen-bond acceptors (Lipinski definition) is 4. The first-order valence-electron chi connectivity index (χ1n) is 9.29. The molecule has 0 aromatic heterocycles. The molecule has 1 aliphatic heterocycles. The van der Waals surface area contributed by atoms with Gasteiger partial charge in [-0.15, -0.1) is 0 Å². The van der Waals surface area contributed by atoms with E-state index in [4.69, 9.17) is 4.74 Å². The maximum atomic E-state index is 12.7. The number of amides is 2. The van der Waals surface area contributed by atoms with Crippen molar-refractivity contribution in [3.8, 4) is 0 Å². The van der Waals surface area contributed by atoms with Crippen LogP contribution < -0.4 is 5.32 Å². The number of rotatable bonds is 7. The van der Waals surface area contributed by atoms with Crippen molar-refractivity contribution in [2.45, 2.75) is 31.7 Å². The summed E-state index contributed by atoms with van der Waals surface area (Å²) in [6.45, 7) is 0. The van der Waals surface area contributed by atoms with Gasteiger partial charge < -0.3 is 15.0 Å². The Morgan fingerprint density at radius 3 is 2.64 bits per heavy atom. The van der Waals surface area contributed by atoms with E-state index < -0.39 is 12.0 Å². The second kappa shape index (κ2) is 8.69. The Bertz CT molecular complexity index is 879. The van der Waals surface area contributed by atoms with Gasteiger partial charge in [-0.25, -0.2) is 4.79 Å². The Hall–Kier alpha value is -3.15. The SMILES string of the molecule is COC(=O)[C@H](c1ccccc1)N(C)C(=O)CCCc1ccc2c(c1)CC(=O)N2. The first-order valence-corrected chi connectivity index (χ1v) is 9.29. The van der Waals surface area contributed by atoms with Crippen LogP contribution in [-0.2, 0) is 32.0 Å². The zero-order chi connectivity index (χ0) is 20.1. The molecular formula is C22H24N2O4. The minimum absolute atomic E-state index is 0.0127. The molecule has 0 spiro atoms. The number of esters is 1. The summed E-state index contributed by atoms with van der Waals surface area (Å²) in [5.41, 5.74) is 3.69. The van der Waals surface area contributed by atoms with Gasteiger partial charge in [0, 0.05) is 19.2 Å². The minimum Gasteiger partial charge on any atom is -0.467 e. The number of nitrogens with zero attached hydrogens (tertiary/aromatic N) is 1. The zero-order valence-corrected chi connectivity index (χ0v) is 16.1. The number of carbonyl (C=O) groups is 3. The van der Waals surface area contributed by atoms with Crippen LogP contribution in [0, 0.1) is 0 Å². The van der Waals surface area contributed by atoms with Gasteiger partial charge in [0.25, 0.3) is 0 Å². The largest absolute Gasteiger partial charge is 0.467 e. The minimum atomic E-state index is -0.754. The molecule has 2 amide bonds. The fourth-order valence-corrected chi connectivity index (χ4v) is 3.47. The standard InChI is InChI=1S/C22H24N2O4/c1-24(21(22(27)28-2)16-8-4-3-5-9-16)20(26)10-6-7-15-11-12-18-17(13-15)14-19(25)23-18/h3-5,8-9,11-13,21H,6-7,10,14H2,1-2H3,(H,23,25)/t21-/m0/s1. The van der Waals surface area contributed by atoms with E-state index in [0.717, 1.165) is 28.8 Å². The number of likely N-dealkylation sites (N-methyl/N-ethyl adjacent to an activating group) is 1. The Balaban J connectivity index is 1.60. The molecule has 28 heavy (non-hydrogen) atoms. The lowest BCUT2D eigenvalue weighted by molar-refractivity contribution is -0.152. The maximum absolute atomic E-state index is 12.7. The van der Waals surface area contributed by atoms with Crippen LogP contribution in [0.1, 0.15) is 35.6 Å². The number of benzene rings is 2. The van der Waals surface area contributed by atoms with Crippen molar-refractivity contribution in [3.05, 3.63) is 65.2 Å². The lowest BCUT2D eigenvalue weighted by atomic mass is 10.0. The number of nitrogens with one attached hydrogen (secondary N) is 1. The molecule has 0 unspecified atom stereocenters. The first-order chi connectivity index (χ1) is 13.5. The quantitative estimate of drug-likeness (QED) is 0.750. The summed E-state index contributed by atoms with van der Waals surface area (Å²) in [7, 11) is 2.95. The molecule has 3 rings (SSSR count). The Morgan fingerprint density at radius 1 is 1.18 bits per heavy atom. The van der Waals surface area contributed by atoms with Gasteiger partial charge >= 0.3 is 5.97 Å². The normalized spacial score (nSPS) is 13.4. The zero-order valence-electron chi connectivity index (χ0n) is 16.1. The molecule has 0 saturated heterocycles. The van der Waals surface area contributed by atoms with Crippen LogP contribution >= 0.6 is 0 Å². The van der Waals surface area contributed by atoms with Gasteiger partial charge in [0.05, 0.1) is 13.5 Å². The van der Waals surface area contributed by atoms with E-state index in [-0.39, 0.29) is 11.8 Å². The molecule has 1 N–H and O–H groups in total. The monoisotopic (exact) mass is 380 g/mol. The van der Waals surface area contributed by atoms with Crippen molar-refractivity contribution in [3.63, 3.8) is 0 Å². The van der Waals surface area contributed by atoms with Crippen molar-refractivity contribution < 1.29 is 19.1 Å². The van der Waals surface area contributed by atoms with E-state index in [1.54, 1.807) is 7.05 Å². The third kappa shape index (κ3) is 4.39. The van der Waals surface area contributed by atoms with E-state index >= 15 is 0 Å². The number of methoxy groups -OCH3 is 1. The Morgan fingerprint density at radius 2 is 1.93 bits per heavy atom. The van der Waals surface area contributed by atoms with Crippen LogP contribution in [0.2, 0.25) is 0 Å². The molecule has 2 aromatic rings. The van der Waals surface area contributed by atoms with Crippen LogP contribution in [-0.4, -0.2) is 36.8 Å². The molecule has 1 aliphatic rings. The highest BCUT2D eigenvalue weighted by atomic mass is 16.5. The first kappa shape index (κ1) is 19.6. The van der Waals surface area contributed by atoms with Gasteiger partial charge in [-0.2, -0.15) is 0 Å². The Labute approximate surface area is 164 Å². The second-order valence-electron chi connectivity index (χ2n) is 6.91. The van der Waals surface area contributed by atoms with Gasteiger partial charge in [-0.05, 0) is 35.6 Å². The van der Waals surface area contributed by atoms with Crippen molar-refractivity contribution in [1.29, 1.82) is 0 Å². The van der Waals surface area contributed by atoms with Gasteiger partial charge in [-0.1, -0.05) is 42.5 Å². The van der Waals surface area contributed by atoms with Gasteiger partial charge in [0.2, 0.25) is 11.8 Å². The van der Waals surface area contributed by atoms with E-state index in [0.29, 0.717) is 19.3 Å².